The molecule has 0 bridgehead atoms. The van der Waals surface area contributed by atoms with E-state index in [1.54, 1.807) is 14.2 Å². The maximum absolute atomic E-state index is 5.87. The first-order valence-electron chi connectivity index (χ1n) is 6.70. The van der Waals surface area contributed by atoms with Gasteiger partial charge in [-0.3, -0.25) is 4.90 Å². The molecule has 0 saturated heterocycles. The van der Waals surface area contributed by atoms with E-state index in [2.05, 4.69) is 30.9 Å². The second kappa shape index (κ2) is 5.39. The molecule has 4 nitrogen and oxygen atoms in total. The lowest BCUT2D eigenvalue weighted by atomic mass is 9.93. The third kappa shape index (κ3) is 2.69. The second-order valence-electron chi connectivity index (χ2n) is 5.66. The summed E-state index contributed by atoms with van der Waals surface area (Å²) < 4.78 is 10.7. The number of benzene rings is 1. The smallest absolute Gasteiger partial charge is 0.161 e. The summed E-state index contributed by atoms with van der Waals surface area (Å²) in [6.45, 7) is 7.00. The molecule has 4 heteroatoms. The van der Waals surface area contributed by atoms with Crippen LogP contribution in [0.15, 0.2) is 12.1 Å². The third-order valence-corrected chi connectivity index (χ3v) is 4.07. The maximum atomic E-state index is 5.87. The van der Waals surface area contributed by atoms with Gasteiger partial charge in [-0.15, -0.1) is 0 Å². The van der Waals surface area contributed by atoms with Crippen molar-refractivity contribution in [2.45, 2.75) is 32.4 Å². The highest BCUT2D eigenvalue weighted by atomic mass is 16.5. The van der Waals surface area contributed by atoms with Crippen molar-refractivity contribution in [3.63, 3.8) is 0 Å². The highest BCUT2D eigenvalue weighted by Crippen LogP contribution is 2.34. The molecule has 0 amide bonds. The van der Waals surface area contributed by atoms with Crippen molar-refractivity contribution < 1.29 is 9.47 Å². The summed E-state index contributed by atoms with van der Waals surface area (Å²) in [4.78, 5) is 2.43. The van der Waals surface area contributed by atoms with Gasteiger partial charge in [0.05, 0.1) is 14.2 Å². The average Bonchev–Trinajstić information content (AvgIpc) is 2.44. The fourth-order valence-electron chi connectivity index (χ4n) is 2.53. The number of nitrogens with zero attached hydrogens (tertiary/aromatic N) is 1. The number of nitrogens with two attached hydrogens (primary N) is 1. The minimum atomic E-state index is 0.0326. The topological polar surface area (TPSA) is 47.7 Å². The minimum Gasteiger partial charge on any atom is -0.493 e. The molecule has 1 heterocycles. The minimum absolute atomic E-state index is 0.0326. The summed E-state index contributed by atoms with van der Waals surface area (Å²) in [7, 11) is 3.35. The third-order valence-electron chi connectivity index (χ3n) is 4.07. The van der Waals surface area contributed by atoms with E-state index in [4.69, 9.17) is 15.2 Å². The fourth-order valence-corrected chi connectivity index (χ4v) is 2.53. The van der Waals surface area contributed by atoms with Crippen molar-refractivity contribution in [2.75, 3.05) is 27.3 Å². The van der Waals surface area contributed by atoms with E-state index >= 15 is 0 Å². The normalized spacial score (nSPS) is 16.1. The fraction of sp³-hybridized carbons (Fsp3) is 0.600. The molecule has 2 rings (SSSR count). The predicted octanol–water partition coefficient (Wildman–Crippen LogP) is 1.80. The highest BCUT2D eigenvalue weighted by molar-refractivity contribution is 5.48. The average molecular weight is 264 g/mol. The van der Waals surface area contributed by atoms with Crippen LogP contribution in [0.25, 0.3) is 0 Å². The molecular weight excluding hydrogens is 240 g/mol. The Kier molecular flexibility index (Phi) is 4.02. The standard InChI is InChI=1S/C15H24N2O2/c1-15(2,10-16)17-6-5-11-7-13(18-3)14(19-4)8-12(11)9-17/h7-8H,5-6,9-10,16H2,1-4H3. The Labute approximate surface area is 115 Å². The van der Waals surface area contributed by atoms with E-state index in [1.165, 1.54) is 11.1 Å². The lowest BCUT2D eigenvalue weighted by molar-refractivity contribution is 0.111. The largest absolute Gasteiger partial charge is 0.493 e. The zero-order valence-corrected chi connectivity index (χ0v) is 12.3. The lowest BCUT2D eigenvalue weighted by Crippen LogP contribution is -2.51. The molecule has 0 aromatic heterocycles. The van der Waals surface area contributed by atoms with Gasteiger partial charge < -0.3 is 15.2 Å². The zero-order valence-electron chi connectivity index (χ0n) is 12.3. The molecule has 1 aromatic rings. The molecule has 2 N–H and O–H groups in total. The van der Waals surface area contributed by atoms with Gasteiger partial charge in [0.25, 0.3) is 0 Å². The summed E-state index contributed by atoms with van der Waals surface area (Å²) >= 11 is 0. The molecule has 0 aliphatic carbocycles. The summed E-state index contributed by atoms with van der Waals surface area (Å²) in [6.07, 6.45) is 1.03. The van der Waals surface area contributed by atoms with Crippen LogP contribution in [0.3, 0.4) is 0 Å². The monoisotopic (exact) mass is 264 g/mol. The van der Waals surface area contributed by atoms with E-state index in [0.29, 0.717) is 6.54 Å². The summed E-state index contributed by atoms with van der Waals surface area (Å²) in [5, 5.41) is 0. The van der Waals surface area contributed by atoms with E-state index in [-0.39, 0.29) is 5.54 Å². The first-order valence-corrected chi connectivity index (χ1v) is 6.70. The van der Waals surface area contributed by atoms with Gasteiger partial charge in [-0.2, -0.15) is 0 Å². The van der Waals surface area contributed by atoms with E-state index in [1.807, 2.05) is 0 Å². The van der Waals surface area contributed by atoms with Gasteiger partial charge in [-0.05, 0) is 43.5 Å². The van der Waals surface area contributed by atoms with Gasteiger partial charge in [-0.1, -0.05) is 0 Å². The number of methoxy groups -OCH3 is 2. The molecule has 1 aliphatic heterocycles. The van der Waals surface area contributed by atoms with Crippen LogP contribution < -0.4 is 15.2 Å². The van der Waals surface area contributed by atoms with Gasteiger partial charge in [0.15, 0.2) is 11.5 Å². The Hall–Kier alpha value is -1.26. The molecule has 0 unspecified atom stereocenters. The van der Waals surface area contributed by atoms with Crippen LogP contribution in [0, 0.1) is 0 Å². The van der Waals surface area contributed by atoms with Crippen LogP contribution in [0.5, 0.6) is 11.5 Å². The molecule has 19 heavy (non-hydrogen) atoms. The number of fused-ring (bicyclic) bond motifs is 1. The van der Waals surface area contributed by atoms with Crippen molar-refractivity contribution in [3.05, 3.63) is 23.3 Å². The number of hydrogen-bond donors (Lipinski definition) is 1. The van der Waals surface area contributed by atoms with Gasteiger partial charge in [0.1, 0.15) is 0 Å². The van der Waals surface area contributed by atoms with Gasteiger partial charge in [0.2, 0.25) is 0 Å². The first-order chi connectivity index (χ1) is 9.01. The Morgan fingerprint density at radius 1 is 1.16 bits per heavy atom. The first kappa shape index (κ1) is 14.2. The van der Waals surface area contributed by atoms with Crippen LogP contribution in [0.4, 0.5) is 0 Å². The predicted molar refractivity (Wildman–Crippen MR) is 76.8 cm³/mol. The lowest BCUT2D eigenvalue weighted by Gasteiger charge is -2.41. The SMILES string of the molecule is COc1cc2c(cc1OC)CN(C(C)(C)CN)CC2. The van der Waals surface area contributed by atoms with Crippen molar-refractivity contribution in [1.29, 1.82) is 0 Å². The van der Waals surface area contributed by atoms with Gasteiger partial charge in [0, 0.05) is 25.2 Å². The van der Waals surface area contributed by atoms with E-state index in [0.717, 1.165) is 31.0 Å². The number of hydrogen-bond acceptors (Lipinski definition) is 4. The van der Waals surface area contributed by atoms with Crippen molar-refractivity contribution in [2.24, 2.45) is 5.73 Å². The summed E-state index contributed by atoms with van der Waals surface area (Å²) in [5.41, 5.74) is 8.56. The molecule has 0 fully saturated rings. The number of rotatable bonds is 4. The summed E-state index contributed by atoms with van der Waals surface area (Å²) in [5.74, 6) is 1.61. The molecule has 1 aliphatic rings. The van der Waals surface area contributed by atoms with Crippen molar-refractivity contribution >= 4 is 0 Å². The highest BCUT2D eigenvalue weighted by Gasteiger charge is 2.29. The van der Waals surface area contributed by atoms with Crippen LogP contribution in [-0.2, 0) is 13.0 Å². The molecule has 1 aromatic carbocycles. The van der Waals surface area contributed by atoms with Crippen molar-refractivity contribution in [1.82, 2.24) is 4.90 Å². The maximum Gasteiger partial charge on any atom is 0.161 e. The van der Waals surface area contributed by atoms with Crippen LogP contribution in [0.1, 0.15) is 25.0 Å². The van der Waals surface area contributed by atoms with Crippen molar-refractivity contribution in [3.8, 4) is 11.5 Å². The molecule has 0 spiro atoms. The quantitative estimate of drug-likeness (QED) is 0.901. The van der Waals surface area contributed by atoms with Gasteiger partial charge in [-0.25, -0.2) is 0 Å². The van der Waals surface area contributed by atoms with Gasteiger partial charge >= 0.3 is 0 Å². The van der Waals surface area contributed by atoms with Crippen LogP contribution in [-0.4, -0.2) is 37.7 Å². The Balaban J connectivity index is 2.30. The molecule has 106 valence electrons. The molecule has 0 radical (unpaired) electrons. The van der Waals surface area contributed by atoms with E-state index in [9.17, 15) is 0 Å². The summed E-state index contributed by atoms with van der Waals surface area (Å²) in [6, 6.07) is 4.19. The molecule has 0 atom stereocenters. The van der Waals surface area contributed by atoms with Crippen LogP contribution in [0.2, 0.25) is 0 Å². The Morgan fingerprint density at radius 2 is 1.74 bits per heavy atom. The van der Waals surface area contributed by atoms with Crippen LogP contribution >= 0.6 is 0 Å². The zero-order chi connectivity index (χ0) is 14.0. The molecule has 0 saturated carbocycles. The van der Waals surface area contributed by atoms with E-state index < -0.39 is 0 Å². The molecular formula is C15H24N2O2. The second-order valence-corrected chi connectivity index (χ2v) is 5.66. The Morgan fingerprint density at radius 3 is 2.26 bits per heavy atom. The number of ether oxygens (including phenoxy) is 2. The Bertz CT molecular complexity index is 458.